The molecule has 0 saturated carbocycles. The number of hydrogen-bond donors (Lipinski definition) is 1. The Kier molecular flexibility index (Phi) is 6.30. The number of hydrogen-bond acceptors (Lipinski definition) is 4. The van der Waals surface area contributed by atoms with Gasteiger partial charge < -0.3 is 9.88 Å². The summed E-state index contributed by atoms with van der Waals surface area (Å²) in [4.78, 5) is 12.1. The number of nitrogens with one attached hydrogen (secondary N) is 1. The first-order chi connectivity index (χ1) is 12.6. The number of rotatable bonds is 7. The predicted molar refractivity (Wildman–Crippen MR) is 106 cm³/mol. The summed E-state index contributed by atoms with van der Waals surface area (Å²) >= 11 is 7.21. The van der Waals surface area contributed by atoms with Crippen LogP contribution in [0, 0.1) is 0 Å². The average Bonchev–Trinajstić information content (AvgIpc) is 3.01. The molecule has 0 aliphatic rings. The van der Waals surface area contributed by atoms with Crippen molar-refractivity contribution in [3.05, 3.63) is 71.0 Å². The van der Waals surface area contributed by atoms with E-state index in [1.54, 1.807) is 24.3 Å². The van der Waals surface area contributed by atoms with Gasteiger partial charge in [-0.05, 0) is 36.2 Å². The summed E-state index contributed by atoms with van der Waals surface area (Å²) in [6.45, 7) is 0. The lowest BCUT2D eigenvalue weighted by molar-refractivity contribution is -0.113. The van der Waals surface area contributed by atoms with Crippen molar-refractivity contribution in [1.29, 1.82) is 0 Å². The predicted octanol–water partition coefficient (Wildman–Crippen LogP) is 3.98. The fourth-order valence-electron chi connectivity index (χ4n) is 2.45. The van der Waals surface area contributed by atoms with E-state index < -0.39 is 0 Å². The zero-order valence-electron chi connectivity index (χ0n) is 14.4. The van der Waals surface area contributed by atoms with E-state index in [9.17, 15) is 4.79 Å². The Labute approximate surface area is 161 Å². The number of aromatic nitrogens is 3. The van der Waals surface area contributed by atoms with Gasteiger partial charge in [0.2, 0.25) is 5.91 Å². The fraction of sp³-hybridized carbons (Fsp3) is 0.211. The highest BCUT2D eigenvalue weighted by Gasteiger charge is 2.11. The number of amides is 1. The largest absolute Gasteiger partial charge is 0.325 e. The third-order valence-electron chi connectivity index (χ3n) is 3.87. The summed E-state index contributed by atoms with van der Waals surface area (Å²) in [5.74, 6) is 1.09. The van der Waals surface area contributed by atoms with Gasteiger partial charge in [0, 0.05) is 24.2 Å². The topological polar surface area (TPSA) is 59.8 Å². The van der Waals surface area contributed by atoms with Crippen molar-refractivity contribution in [2.24, 2.45) is 7.05 Å². The Morgan fingerprint density at radius 1 is 1.08 bits per heavy atom. The maximum absolute atomic E-state index is 12.1. The quantitative estimate of drug-likeness (QED) is 0.624. The van der Waals surface area contributed by atoms with Crippen molar-refractivity contribution in [3.8, 4) is 0 Å². The lowest BCUT2D eigenvalue weighted by atomic mass is 10.1. The molecule has 1 heterocycles. The molecule has 1 N–H and O–H groups in total. The van der Waals surface area contributed by atoms with E-state index in [0.29, 0.717) is 5.02 Å². The summed E-state index contributed by atoms with van der Waals surface area (Å²) < 4.78 is 1.95. The smallest absolute Gasteiger partial charge is 0.234 e. The van der Waals surface area contributed by atoms with Crippen molar-refractivity contribution in [2.45, 2.75) is 18.0 Å². The van der Waals surface area contributed by atoms with Crippen molar-refractivity contribution in [1.82, 2.24) is 14.8 Å². The Balaban J connectivity index is 1.51. The van der Waals surface area contributed by atoms with Crippen LogP contribution in [0.5, 0.6) is 0 Å². The average molecular weight is 387 g/mol. The first-order valence-electron chi connectivity index (χ1n) is 8.22. The van der Waals surface area contributed by atoms with Gasteiger partial charge in [-0.3, -0.25) is 4.79 Å². The van der Waals surface area contributed by atoms with Gasteiger partial charge in [-0.1, -0.05) is 53.7 Å². The highest BCUT2D eigenvalue weighted by molar-refractivity contribution is 7.99. The SMILES string of the molecule is Cn1c(CCc2ccccc2)nnc1SCC(=O)Nc1ccc(Cl)cc1. The van der Waals surface area contributed by atoms with Crippen LogP contribution in [0.2, 0.25) is 5.02 Å². The second kappa shape index (κ2) is 8.87. The van der Waals surface area contributed by atoms with Gasteiger partial charge in [0.15, 0.2) is 5.16 Å². The van der Waals surface area contributed by atoms with E-state index in [4.69, 9.17) is 11.6 Å². The molecule has 134 valence electrons. The highest BCUT2D eigenvalue weighted by atomic mass is 35.5. The van der Waals surface area contributed by atoms with Crippen molar-refractivity contribution >= 4 is 35.0 Å². The third-order valence-corrected chi connectivity index (χ3v) is 5.14. The minimum Gasteiger partial charge on any atom is -0.325 e. The molecule has 0 saturated heterocycles. The van der Waals surface area contributed by atoms with Gasteiger partial charge in [-0.25, -0.2) is 0 Å². The first kappa shape index (κ1) is 18.5. The number of anilines is 1. The van der Waals surface area contributed by atoms with E-state index in [-0.39, 0.29) is 11.7 Å². The van der Waals surface area contributed by atoms with Gasteiger partial charge in [0.1, 0.15) is 5.82 Å². The van der Waals surface area contributed by atoms with Gasteiger partial charge in [-0.15, -0.1) is 10.2 Å². The minimum atomic E-state index is -0.0915. The normalized spacial score (nSPS) is 10.7. The molecule has 2 aromatic carbocycles. The first-order valence-corrected chi connectivity index (χ1v) is 9.58. The Hall–Kier alpha value is -2.31. The Morgan fingerprint density at radius 3 is 2.54 bits per heavy atom. The molecule has 0 unspecified atom stereocenters. The number of thioether (sulfide) groups is 1. The molecule has 0 bridgehead atoms. The van der Waals surface area contributed by atoms with Crippen molar-refractivity contribution < 1.29 is 4.79 Å². The van der Waals surface area contributed by atoms with Crippen LogP contribution in [0.4, 0.5) is 5.69 Å². The Bertz CT molecular complexity index is 865. The van der Waals surface area contributed by atoms with Gasteiger partial charge in [0.25, 0.3) is 0 Å². The fourth-order valence-corrected chi connectivity index (χ4v) is 3.31. The monoisotopic (exact) mass is 386 g/mol. The van der Waals surface area contributed by atoms with Crippen LogP contribution < -0.4 is 5.32 Å². The maximum atomic E-state index is 12.1. The zero-order valence-corrected chi connectivity index (χ0v) is 15.9. The number of nitrogens with zero attached hydrogens (tertiary/aromatic N) is 3. The molecule has 7 heteroatoms. The van der Waals surface area contributed by atoms with E-state index in [2.05, 4.69) is 27.6 Å². The summed E-state index contributed by atoms with van der Waals surface area (Å²) in [6, 6.07) is 17.3. The lowest BCUT2D eigenvalue weighted by Crippen LogP contribution is -2.14. The summed E-state index contributed by atoms with van der Waals surface area (Å²) in [5.41, 5.74) is 1.99. The van der Waals surface area contributed by atoms with Crippen LogP contribution in [0.1, 0.15) is 11.4 Å². The van der Waals surface area contributed by atoms with Crippen LogP contribution in [0.15, 0.2) is 59.8 Å². The maximum Gasteiger partial charge on any atom is 0.234 e. The van der Waals surface area contributed by atoms with Crippen LogP contribution >= 0.6 is 23.4 Å². The molecule has 1 aromatic heterocycles. The van der Waals surface area contributed by atoms with Crippen LogP contribution in [-0.4, -0.2) is 26.4 Å². The molecule has 3 rings (SSSR count). The standard InChI is InChI=1S/C19H19ClN4OS/c1-24-17(12-7-14-5-3-2-4-6-14)22-23-19(24)26-13-18(25)21-16-10-8-15(20)9-11-16/h2-6,8-11H,7,12-13H2,1H3,(H,21,25). The van der Waals surface area contributed by atoms with Crippen molar-refractivity contribution in [2.75, 3.05) is 11.1 Å². The van der Waals surface area contributed by atoms with E-state index in [1.807, 2.05) is 29.8 Å². The summed E-state index contributed by atoms with van der Waals surface area (Å²) in [5, 5.41) is 12.7. The van der Waals surface area contributed by atoms with E-state index >= 15 is 0 Å². The highest BCUT2D eigenvalue weighted by Crippen LogP contribution is 2.18. The number of benzene rings is 2. The van der Waals surface area contributed by atoms with Crippen LogP contribution in [-0.2, 0) is 24.7 Å². The zero-order chi connectivity index (χ0) is 18.4. The molecule has 0 atom stereocenters. The summed E-state index contributed by atoms with van der Waals surface area (Å²) in [7, 11) is 1.93. The molecule has 0 radical (unpaired) electrons. The van der Waals surface area contributed by atoms with Crippen LogP contribution in [0.3, 0.4) is 0 Å². The molecule has 0 aliphatic heterocycles. The Morgan fingerprint density at radius 2 is 1.81 bits per heavy atom. The number of carbonyl (C=O) groups excluding carboxylic acids is 1. The lowest BCUT2D eigenvalue weighted by Gasteiger charge is -2.06. The molecule has 5 nitrogen and oxygen atoms in total. The van der Waals surface area contributed by atoms with E-state index in [1.165, 1.54) is 17.3 Å². The second-order valence-corrected chi connectivity index (χ2v) is 7.17. The number of carbonyl (C=O) groups is 1. The second-order valence-electron chi connectivity index (χ2n) is 5.79. The van der Waals surface area contributed by atoms with Gasteiger partial charge in [0.05, 0.1) is 5.75 Å². The van der Waals surface area contributed by atoms with Crippen molar-refractivity contribution in [3.63, 3.8) is 0 Å². The van der Waals surface area contributed by atoms with E-state index in [0.717, 1.165) is 29.5 Å². The molecular weight excluding hydrogens is 368 g/mol. The molecular formula is C19H19ClN4OS. The molecule has 3 aromatic rings. The van der Waals surface area contributed by atoms with Gasteiger partial charge >= 0.3 is 0 Å². The molecule has 0 fully saturated rings. The minimum absolute atomic E-state index is 0.0915. The number of aryl methyl sites for hydroxylation is 2. The summed E-state index contributed by atoms with van der Waals surface area (Å²) in [6.07, 6.45) is 1.72. The molecule has 0 spiro atoms. The third kappa shape index (κ3) is 5.09. The molecule has 1 amide bonds. The van der Waals surface area contributed by atoms with Crippen LogP contribution in [0.25, 0.3) is 0 Å². The molecule has 0 aliphatic carbocycles. The number of halogens is 1. The molecule has 26 heavy (non-hydrogen) atoms. The van der Waals surface area contributed by atoms with Gasteiger partial charge in [-0.2, -0.15) is 0 Å².